The van der Waals surface area contributed by atoms with Gasteiger partial charge in [-0.3, -0.25) is 14.9 Å². The summed E-state index contributed by atoms with van der Waals surface area (Å²) in [4.78, 5) is 21.3. The number of carboxylic acids is 1. The molecule has 1 N–H and O–H groups in total. The van der Waals surface area contributed by atoms with Gasteiger partial charge < -0.3 is 5.11 Å². The number of aliphatic carboxylic acids is 1. The number of aryl methyl sites for hydroxylation is 1. The first-order chi connectivity index (χ1) is 10.7. The molecule has 1 fully saturated rings. The lowest BCUT2D eigenvalue weighted by Gasteiger charge is -2.18. The Hall–Kier alpha value is -2.00. The Morgan fingerprint density at radius 1 is 1.43 bits per heavy atom. The molecule has 0 aliphatic carbocycles. The summed E-state index contributed by atoms with van der Waals surface area (Å²) in [5.74, 6) is -2.12. The molecule has 0 radical (unpaired) electrons. The maximum absolute atomic E-state index is 12.8. The number of rotatable bonds is 5. The molecule has 0 bridgehead atoms. The Labute approximate surface area is 133 Å². The fraction of sp³-hybridized carbons (Fsp3) is 0.500. The minimum Gasteiger partial charge on any atom is -0.481 e. The topological polar surface area (TPSA) is 118 Å². The number of non-ortho nitro benzene ring substituents is 1. The molecule has 0 aromatic heterocycles. The molecule has 2 atom stereocenters. The molecule has 0 spiro atoms. The van der Waals surface area contributed by atoms with E-state index in [1.54, 1.807) is 13.8 Å². The van der Waals surface area contributed by atoms with Gasteiger partial charge in [0.05, 0.1) is 15.7 Å². The van der Waals surface area contributed by atoms with Crippen LogP contribution >= 0.6 is 0 Å². The standard InChI is InChI=1S/C14H18N2O6S/c1-3-10-4-5-11(16(19)20)6-13(10)23(21,22)15-7-9(2)12(8-15)14(17)18/h4-6,9,12H,3,7-8H2,1-2H3,(H,17,18)/t9-,12-/m1/s1. The summed E-state index contributed by atoms with van der Waals surface area (Å²) < 4.78 is 26.7. The molecular weight excluding hydrogens is 324 g/mol. The van der Waals surface area contributed by atoms with Crippen LogP contribution < -0.4 is 0 Å². The van der Waals surface area contributed by atoms with E-state index in [0.717, 1.165) is 10.4 Å². The van der Waals surface area contributed by atoms with E-state index >= 15 is 0 Å². The third-order valence-electron chi connectivity index (χ3n) is 4.16. The molecule has 126 valence electrons. The molecule has 0 unspecified atom stereocenters. The summed E-state index contributed by atoms with van der Waals surface area (Å²) in [5, 5.41) is 20.1. The van der Waals surface area contributed by atoms with Gasteiger partial charge in [0.1, 0.15) is 0 Å². The van der Waals surface area contributed by atoms with Gasteiger partial charge in [-0.2, -0.15) is 4.31 Å². The third kappa shape index (κ3) is 3.20. The first-order valence-corrected chi connectivity index (χ1v) is 8.62. The fourth-order valence-corrected chi connectivity index (χ4v) is 4.65. The van der Waals surface area contributed by atoms with E-state index in [9.17, 15) is 23.3 Å². The normalized spacial score (nSPS) is 22.2. The van der Waals surface area contributed by atoms with Crippen molar-refractivity contribution in [3.63, 3.8) is 0 Å². The van der Waals surface area contributed by atoms with E-state index in [0.29, 0.717) is 12.0 Å². The maximum Gasteiger partial charge on any atom is 0.308 e. The lowest BCUT2D eigenvalue weighted by molar-refractivity contribution is -0.385. The number of carbonyl (C=O) groups is 1. The van der Waals surface area contributed by atoms with Gasteiger partial charge >= 0.3 is 5.97 Å². The highest BCUT2D eigenvalue weighted by atomic mass is 32.2. The number of hydrogen-bond donors (Lipinski definition) is 1. The molecule has 0 saturated carbocycles. The average molecular weight is 342 g/mol. The Morgan fingerprint density at radius 2 is 2.09 bits per heavy atom. The van der Waals surface area contributed by atoms with Crippen molar-refractivity contribution < 1.29 is 23.2 Å². The summed E-state index contributed by atoms with van der Waals surface area (Å²) in [6.07, 6.45) is 0.401. The molecule has 1 heterocycles. The lowest BCUT2D eigenvalue weighted by atomic mass is 9.99. The minimum atomic E-state index is -3.97. The number of nitrogens with zero attached hydrogens (tertiary/aromatic N) is 2. The molecule has 1 aliphatic rings. The van der Waals surface area contributed by atoms with Crippen molar-refractivity contribution in [2.75, 3.05) is 13.1 Å². The van der Waals surface area contributed by atoms with Crippen molar-refractivity contribution in [2.24, 2.45) is 11.8 Å². The number of hydrogen-bond acceptors (Lipinski definition) is 5. The highest BCUT2D eigenvalue weighted by Crippen LogP contribution is 2.31. The fourth-order valence-electron chi connectivity index (χ4n) is 2.77. The third-order valence-corrected chi connectivity index (χ3v) is 6.07. The van der Waals surface area contributed by atoms with Crippen LogP contribution in [-0.2, 0) is 21.2 Å². The van der Waals surface area contributed by atoms with Crippen LogP contribution in [0.2, 0.25) is 0 Å². The van der Waals surface area contributed by atoms with Crippen molar-refractivity contribution in [3.8, 4) is 0 Å². The lowest BCUT2D eigenvalue weighted by Crippen LogP contribution is -2.30. The zero-order valence-electron chi connectivity index (χ0n) is 12.8. The van der Waals surface area contributed by atoms with E-state index in [2.05, 4.69) is 0 Å². The number of nitro groups is 1. The van der Waals surface area contributed by atoms with Crippen LogP contribution in [0, 0.1) is 22.0 Å². The molecule has 23 heavy (non-hydrogen) atoms. The van der Waals surface area contributed by atoms with Crippen molar-refractivity contribution in [1.82, 2.24) is 4.31 Å². The zero-order chi connectivity index (χ0) is 17.4. The second kappa shape index (κ2) is 6.25. The Bertz CT molecular complexity index is 746. The van der Waals surface area contributed by atoms with Gasteiger partial charge in [0.2, 0.25) is 10.0 Å². The van der Waals surface area contributed by atoms with E-state index in [-0.39, 0.29) is 29.6 Å². The summed E-state index contributed by atoms with van der Waals surface area (Å²) in [5.41, 5.74) is 0.171. The highest BCUT2D eigenvalue weighted by molar-refractivity contribution is 7.89. The van der Waals surface area contributed by atoms with E-state index in [1.165, 1.54) is 12.1 Å². The quantitative estimate of drug-likeness (QED) is 0.640. The molecule has 1 aliphatic heterocycles. The van der Waals surface area contributed by atoms with E-state index < -0.39 is 26.8 Å². The molecule has 1 aromatic carbocycles. The van der Waals surface area contributed by atoms with Gasteiger partial charge in [-0.25, -0.2) is 8.42 Å². The number of sulfonamides is 1. The molecule has 9 heteroatoms. The van der Waals surface area contributed by atoms with Gasteiger partial charge in [-0.15, -0.1) is 0 Å². The van der Waals surface area contributed by atoms with Crippen LogP contribution in [0.4, 0.5) is 5.69 Å². The van der Waals surface area contributed by atoms with Gasteiger partial charge in [0, 0.05) is 25.2 Å². The summed E-state index contributed by atoms with van der Waals surface area (Å²) in [6, 6.07) is 3.75. The van der Waals surface area contributed by atoms with Gasteiger partial charge in [-0.1, -0.05) is 19.9 Å². The van der Waals surface area contributed by atoms with Crippen LogP contribution in [0.3, 0.4) is 0 Å². The predicted molar refractivity (Wildman–Crippen MR) is 81.5 cm³/mol. The molecule has 2 rings (SSSR count). The SMILES string of the molecule is CCc1ccc([N+](=O)[O-])cc1S(=O)(=O)N1C[C@@H](C)[C@H](C(=O)O)C1. The Balaban J connectivity index is 2.46. The second-order valence-electron chi connectivity index (χ2n) is 5.65. The van der Waals surface area contributed by atoms with Crippen LogP contribution in [0.15, 0.2) is 23.1 Å². The van der Waals surface area contributed by atoms with Crippen LogP contribution in [0.25, 0.3) is 0 Å². The Kier molecular flexibility index (Phi) is 4.71. The molecular formula is C14H18N2O6S. The smallest absolute Gasteiger partial charge is 0.308 e. The maximum atomic E-state index is 12.8. The first kappa shape index (κ1) is 17.4. The van der Waals surface area contributed by atoms with Crippen molar-refractivity contribution in [1.29, 1.82) is 0 Å². The van der Waals surface area contributed by atoms with Crippen LogP contribution in [0.5, 0.6) is 0 Å². The van der Waals surface area contributed by atoms with Crippen molar-refractivity contribution >= 4 is 21.7 Å². The number of nitro benzene ring substituents is 1. The van der Waals surface area contributed by atoms with Gasteiger partial charge in [0.15, 0.2) is 0 Å². The number of carboxylic acid groups (broad SMARTS) is 1. The van der Waals surface area contributed by atoms with Crippen LogP contribution in [0.1, 0.15) is 19.4 Å². The minimum absolute atomic E-state index is 0.0884. The molecule has 1 aromatic rings. The largest absolute Gasteiger partial charge is 0.481 e. The average Bonchev–Trinajstić information content (AvgIpc) is 2.89. The predicted octanol–water partition coefficient (Wildman–Crippen LogP) is 1.50. The second-order valence-corrected chi connectivity index (χ2v) is 7.55. The summed E-state index contributed by atoms with van der Waals surface area (Å²) in [6.45, 7) is 3.41. The molecule has 1 saturated heterocycles. The van der Waals surface area contributed by atoms with Crippen molar-refractivity contribution in [2.45, 2.75) is 25.2 Å². The monoisotopic (exact) mass is 342 g/mol. The summed E-state index contributed by atoms with van der Waals surface area (Å²) >= 11 is 0. The van der Waals surface area contributed by atoms with Crippen LogP contribution in [-0.4, -0.2) is 41.8 Å². The summed E-state index contributed by atoms with van der Waals surface area (Å²) in [7, 11) is -3.97. The van der Waals surface area contributed by atoms with Crippen molar-refractivity contribution in [3.05, 3.63) is 33.9 Å². The van der Waals surface area contributed by atoms with Gasteiger partial charge in [-0.05, 0) is 17.9 Å². The highest BCUT2D eigenvalue weighted by Gasteiger charge is 2.41. The van der Waals surface area contributed by atoms with Gasteiger partial charge in [0.25, 0.3) is 5.69 Å². The first-order valence-electron chi connectivity index (χ1n) is 7.18. The van der Waals surface area contributed by atoms with E-state index in [1.807, 2.05) is 0 Å². The number of benzene rings is 1. The zero-order valence-corrected chi connectivity index (χ0v) is 13.6. The molecule has 0 amide bonds. The molecule has 8 nitrogen and oxygen atoms in total. The van der Waals surface area contributed by atoms with E-state index in [4.69, 9.17) is 5.11 Å². The Morgan fingerprint density at radius 3 is 2.57 bits per heavy atom.